The Labute approximate surface area is 203 Å². The number of rotatable bonds is 8. The number of nitro groups is 1. The Morgan fingerprint density at radius 3 is 2.38 bits per heavy atom. The van der Waals surface area contributed by atoms with Gasteiger partial charge in [0.25, 0.3) is 5.69 Å². The van der Waals surface area contributed by atoms with E-state index in [-0.39, 0.29) is 22.8 Å². The van der Waals surface area contributed by atoms with Crippen molar-refractivity contribution in [1.82, 2.24) is 4.98 Å². The molecule has 0 saturated heterocycles. The molecule has 1 aromatic heterocycles. The topological polar surface area (TPSA) is 118 Å². The molecule has 34 heavy (non-hydrogen) atoms. The van der Waals surface area contributed by atoms with Crippen LogP contribution in [-0.4, -0.2) is 27.0 Å². The lowest BCUT2D eigenvalue weighted by molar-refractivity contribution is -0.385. The Bertz CT molecular complexity index is 1360. The standard InChI is InChI=1S/C24H17ClN4O4S/c25-18-12-10-16(11-13-18)22-21(15-6-2-1-3-7-15)26-24(34-22)28-27-19(23(30)31)14-17-8-4-5-9-20(17)29(32)33/h1-13,19H,14H2,(H,30,31). The molecule has 0 saturated carbocycles. The Morgan fingerprint density at radius 2 is 1.71 bits per heavy atom. The largest absolute Gasteiger partial charge is 0.480 e. The maximum atomic E-state index is 11.8. The normalized spacial score (nSPS) is 12.0. The van der Waals surface area contributed by atoms with Crippen LogP contribution in [-0.2, 0) is 11.2 Å². The van der Waals surface area contributed by atoms with Gasteiger partial charge in [-0.25, -0.2) is 9.78 Å². The summed E-state index contributed by atoms with van der Waals surface area (Å²) in [5.41, 5.74) is 2.56. The van der Waals surface area contributed by atoms with E-state index in [1.165, 1.54) is 29.5 Å². The second kappa shape index (κ2) is 10.3. The molecule has 1 unspecified atom stereocenters. The lowest BCUT2D eigenvalue weighted by Gasteiger charge is -2.06. The maximum Gasteiger partial charge on any atom is 0.330 e. The van der Waals surface area contributed by atoms with Gasteiger partial charge in [0.05, 0.1) is 15.5 Å². The summed E-state index contributed by atoms with van der Waals surface area (Å²) in [6, 6.07) is 21.5. The molecule has 8 nitrogen and oxygen atoms in total. The third kappa shape index (κ3) is 5.33. The van der Waals surface area contributed by atoms with Crippen LogP contribution in [0.4, 0.5) is 10.8 Å². The Hall–Kier alpha value is -3.95. The summed E-state index contributed by atoms with van der Waals surface area (Å²) >= 11 is 7.29. The zero-order valence-electron chi connectivity index (χ0n) is 17.5. The van der Waals surface area contributed by atoms with E-state index >= 15 is 0 Å². The number of carbonyl (C=O) groups is 1. The number of carboxylic acids is 1. The summed E-state index contributed by atoms with van der Waals surface area (Å²) in [5.74, 6) is -1.24. The second-order valence-electron chi connectivity index (χ2n) is 7.21. The fourth-order valence-corrected chi connectivity index (χ4v) is 4.35. The number of aliphatic carboxylic acids is 1. The lowest BCUT2D eigenvalue weighted by atomic mass is 10.0. The summed E-state index contributed by atoms with van der Waals surface area (Å²) in [6.07, 6.45) is -0.170. The number of halogens is 1. The number of thiazole rings is 1. The molecule has 170 valence electrons. The monoisotopic (exact) mass is 492 g/mol. The Kier molecular flexibility index (Phi) is 7.05. The third-order valence-corrected chi connectivity index (χ3v) is 6.18. The number of azo groups is 1. The van der Waals surface area contributed by atoms with Crippen molar-refractivity contribution in [3.63, 3.8) is 0 Å². The van der Waals surface area contributed by atoms with Crippen molar-refractivity contribution in [3.05, 3.63) is 99.6 Å². The predicted molar refractivity (Wildman–Crippen MR) is 131 cm³/mol. The van der Waals surface area contributed by atoms with E-state index in [0.717, 1.165) is 16.0 Å². The minimum Gasteiger partial charge on any atom is -0.480 e. The fourth-order valence-electron chi connectivity index (χ4n) is 3.31. The van der Waals surface area contributed by atoms with Crippen LogP contribution in [0.1, 0.15) is 5.56 Å². The molecular formula is C24H17ClN4O4S. The second-order valence-corrected chi connectivity index (χ2v) is 8.62. The molecule has 0 spiro atoms. The van der Waals surface area contributed by atoms with Gasteiger partial charge in [0, 0.05) is 28.6 Å². The van der Waals surface area contributed by atoms with Gasteiger partial charge in [-0.2, -0.15) is 5.11 Å². The first-order valence-electron chi connectivity index (χ1n) is 10.1. The molecule has 0 aliphatic heterocycles. The van der Waals surface area contributed by atoms with Gasteiger partial charge >= 0.3 is 5.97 Å². The van der Waals surface area contributed by atoms with Crippen LogP contribution in [0, 0.1) is 10.1 Å². The van der Waals surface area contributed by atoms with E-state index in [4.69, 9.17) is 11.6 Å². The summed E-state index contributed by atoms with van der Waals surface area (Å²) in [4.78, 5) is 27.9. The van der Waals surface area contributed by atoms with Crippen molar-refractivity contribution < 1.29 is 14.8 Å². The molecule has 0 aliphatic rings. The maximum absolute atomic E-state index is 11.8. The van der Waals surface area contributed by atoms with Crippen molar-refractivity contribution in [2.24, 2.45) is 10.2 Å². The molecule has 0 radical (unpaired) electrons. The Balaban J connectivity index is 1.68. The van der Waals surface area contributed by atoms with Crippen LogP contribution in [0.2, 0.25) is 5.02 Å². The summed E-state index contributed by atoms with van der Waals surface area (Å²) in [5, 5.41) is 29.9. The van der Waals surface area contributed by atoms with Crippen LogP contribution >= 0.6 is 22.9 Å². The number of carboxylic acid groups (broad SMARTS) is 1. The van der Waals surface area contributed by atoms with E-state index < -0.39 is 16.9 Å². The van der Waals surface area contributed by atoms with Crippen LogP contribution in [0.5, 0.6) is 0 Å². The van der Waals surface area contributed by atoms with Gasteiger partial charge in [-0.15, -0.1) is 5.11 Å². The van der Waals surface area contributed by atoms with Crippen molar-refractivity contribution in [1.29, 1.82) is 0 Å². The first kappa shape index (κ1) is 23.2. The number of hydrogen-bond acceptors (Lipinski definition) is 7. The zero-order chi connectivity index (χ0) is 24.1. The highest BCUT2D eigenvalue weighted by Gasteiger charge is 2.23. The Morgan fingerprint density at radius 1 is 1.03 bits per heavy atom. The third-order valence-electron chi connectivity index (χ3n) is 4.94. The molecule has 1 N–H and O–H groups in total. The van der Waals surface area contributed by atoms with E-state index in [2.05, 4.69) is 15.2 Å². The first-order valence-corrected chi connectivity index (χ1v) is 11.3. The number of para-hydroxylation sites is 1. The van der Waals surface area contributed by atoms with Crippen molar-refractivity contribution in [2.75, 3.05) is 0 Å². The highest BCUT2D eigenvalue weighted by atomic mass is 35.5. The van der Waals surface area contributed by atoms with Gasteiger partial charge < -0.3 is 5.11 Å². The SMILES string of the molecule is O=C(O)C(Cc1ccccc1[N+](=O)[O-])N=Nc1nc(-c2ccccc2)c(-c2ccc(Cl)cc2)s1. The first-order chi connectivity index (χ1) is 16.4. The average Bonchev–Trinajstić information content (AvgIpc) is 3.27. The van der Waals surface area contributed by atoms with Gasteiger partial charge in [-0.1, -0.05) is 83.6 Å². The van der Waals surface area contributed by atoms with Crippen LogP contribution in [0.15, 0.2) is 89.1 Å². The van der Waals surface area contributed by atoms with Gasteiger partial charge in [0.2, 0.25) is 5.13 Å². The fraction of sp³-hybridized carbons (Fsp3) is 0.0833. The number of nitro benzene ring substituents is 1. The minimum atomic E-state index is -1.30. The quantitative estimate of drug-likeness (QED) is 0.164. The van der Waals surface area contributed by atoms with Crippen molar-refractivity contribution in [2.45, 2.75) is 12.5 Å². The average molecular weight is 493 g/mol. The van der Waals surface area contributed by atoms with Gasteiger partial charge in [-0.05, 0) is 17.7 Å². The molecule has 4 aromatic rings. The van der Waals surface area contributed by atoms with Crippen LogP contribution in [0.25, 0.3) is 21.7 Å². The lowest BCUT2D eigenvalue weighted by Crippen LogP contribution is -2.20. The minimum absolute atomic E-state index is 0.158. The number of benzene rings is 3. The van der Waals surface area contributed by atoms with Gasteiger partial charge in [0.15, 0.2) is 6.04 Å². The van der Waals surface area contributed by atoms with Gasteiger partial charge in [0.1, 0.15) is 0 Å². The molecule has 0 bridgehead atoms. The van der Waals surface area contributed by atoms with Crippen LogP contribution < -0.4 is 0 Å². The number of hydrogen-bond donors (Lipinski definition) is 1. The molecule has 1 atom stereocenters. The number of aromatic nitrogens is 1. The van der Waals surface area contributed by atoms with Gasteiger partial charge in [-0.3, -0.25) is 10.1 Å². The summed E-state index contributed by atoms with van der Waals surface area (Å²) in [7, 11) is 0. The van der Waals surface area contributed by atoms with Crippen LogP contribution in [0.3, 0.4) is 0 Å². The zero-order valence-corrected chi connectivity index (χ0v) is 19.1. The summed E-state index contributed by atoms with van der Waals surface area (Å²) in [6.45, 7) is 0. The number of nitrogens with zero attached hydrogens (tertiary/aromatic N) is 4. The predicted octanol–water partition coefficient (Wildman–Crippen LogP) is 6.82. The van der Waals surface area contributed by atoms with E-state index in [1.807, 2.05) is 42.5 Å². The molecular weight excluding hydrogens is 476 g/mol. The molecule has 1 heterocycles. The van der Waals surface area contributed by atoms with Crippen molar-refractivity contribution >= 4 is 39.7 Å². The van der Waals surface area contributed by atoms with Crippen molar-refractivity contribution in [3.8, 4) is 21.7 Å². The smallest absolute Gasteiger partial charge is 0.330 e. The summed E-state index contributed by atoms with van der Waals surface area (Å²) < 4.78 is 0. The van der Waals surface area contributed by atoms with E-state index in [9.17, 15) is 20.0 Å². The molecule has 10 heteroatoms. The van der Waals surface area contributed by atoms with E-state index in [0.29, 0.717) is 10.7 Å². The molecule has 4 rings (SSSR count). The molecule has 0 amide bonds. The molecule has 0 aliphatic carbocycles. The highest BCUT2D eigenvalue weighted by molar-refractivity contribution is 7.19. The molecule has 3 aromatic carbocycles. The van der Waals surface area contributed by atoms with E-state index in [1.54, 1.807) is 18.2 Å². The highest BCUT2D eigenvalue weighted by Crippen LogP contribution is 2.40. The molecule has 0 fully saturated rings.